The molecular weight excluding hydrogens is 450 g/mol. The van der Waals surface area contributed by atoms with Gasteiger partial charge in [-0.1, -0.05) is 30.3 Å². The maximum absolute atomic E-state index is 13.1. The van der Waals surface area contributed by atoms with Crippen LogP contribution in [0.3, 0.4) is 0 Å². The molecule has 1 aromatic rings. The standard InChI is InChI=1S/C22H27N3O5S2/c1-25(18-9-7-17(8-10-18)15-32(28,29)30)22-19-11-12-23-21(19)20(13-24-22)31(26,27)14-16-5-3-2-4-6-16/h2-6,11-13,17-18,20H,7-10,14-15H2,1H3,(H,28,29,30). The van der Waals surface area contributed by atoms with Crippen LogP contribution in [0.2, 0.25) is 0 Å². The second kappa shape index (κ2) is 8.92. The van der Waals surface area contributed by atoms with Crippen LogP contribution in [0.25, 0.3) is 0 Å². The highest BCUT2D eigenvalue weighted by Crippen LogP contribution is 2.33. The number of benzene rings is 1. The van der Waals surface area contributed by atoms with E-state index in [2.05, 4.69) is 9.98 Å². The molecule has 172 valence electrons. The highest BCUT2D eigenvalue weighted by Gasteiger charge is 2.37. The number of nitrogens with zero attached hydrogens (tertiary/aromatic N) is 3. The Bertz CT molecular complexity index is 1190. The average molecular weight is 478 g/mol. The van der Waals surface area contributed by atoms with Gasteiger partial charge in [-0.3, -0.25) is 9.55 Å². The van der Waals surface area contributed by atoms with Crippen LogP contribution < -0.4 is 0 Å². The zero-order chi connectivity index (χ0) is 22.9. The lowest BCUT2D eigenvalue weighted by Crippen LogP contribution is -2.40. The maximum Gasteiger partial charge on any atom is 0.265 e. The van der Waals surface area contributed by atoms with Crippen LogP contribution in [0, 0.1) is 5.92 Å². The highest BCUT2D eigenvalue weighted by atomic mass is 32.2. The first kappa shape index (κ1) is 22.9. The molecule has 0 radical (unpaired) electrons. The lowest BCUT2D eigenvalue weighted by molar-refractivity contribution is 0.204. The molecule has 1 saturated carbocycles. The third-order valence-electron chi connectivity index (χ3n) is 6.32. The van der Waals surface area contributed by atoms with E-state index in [-0.39, 0.29) is 23.5 Å². The topological polar surface area (TPSA) is 116 Å². The summed E-state index contributed by atoms with van der Waals surface area (Å²) in [6.07, 6.45) is 7.83. The van der Waals surface area contributed by atoms with Crippen molar-refractivity contribution >= 4 is 31.9 Å². The van der Waals surface area contributed by atoms with Crippen LogP contribution in [-0.2, 0) is 25.7 Å². The summed E-state index contributed by atoms with van der Waals surface area (Å²) in [5.74, 6) is 0.357. The predicted molar refractivity (Wildman–Crippen MR) is 125 cm³/mol. The molecule has 0 spiro atoms. The van der Waals surface area contributed by atoms with Crippen molar-refractivity contribution in [3.8, 4) is 0 Å². The first-order chi connectivity index (χ1) is 15.1. The predicted octanol–water partition coefficient (Wildman–Crippen LogP) is 2.61. The number of hydrogen-bond acceptors (Lipinski definition) is 7. The minimum Gasteiger partial charge on any atom is -0.356 e. The first-order valence-corrected chi connectivity index (χ1v) is 13.9. The van der Waals surface area contributed by atoms with Crippen LogP contribution in [0.5, 0.6) is 0 Å². The number of sulfone groups is 1. The number of allylic oxidation sites excluding steroid dienone is 2. The smallest absolute Gasteiger partial charge is 0.265 e. The molecule has 0 saturated heterocycles. The molecule has 8 nitrogen and oxygen atoms in total. The number of aliphatic imine (C=N–C) groups is 2. The van der Waals surface area contributed by atoms with Gasteiger partial charge in [0.05, 0.1) is 17.2 Å². The van der Waals surface area contributed by atoms with E-state index in [0.717, 1.165) is 24.0 Å². The van der Waals surface area contributed by atoms with Gasteiger partial charge in [-0.2, -0.15) is 8.42 Å². The molecule has 1 aliphatic carbocycles. The molecule has 1 unspecified atom stereocenters. The van der Waals surface area contributed by atoms with E-state index in [4.69, 9.17) is 4.55 Å². The van der Waals surface area contributed by atoms with Crippen LogP contribution in [0.1, 0.15) is 31.2 Å². The Kier molecular flexibility index (Phi) is 6.37. The molecule has 10 heteroatoms. The molecule has 2 aliphatic heterocycles. The van der Waals surface area contributed by atoms with Gasteiger partial charge >= 0.3 is 0 Å². The van der Waals surface area contributed by atoms with Crippen LogP contribution in [0.15, 0.2) is 64.0 Å². The average Bonchev–Trinajstić information content (AvgIpc) is 3.22. The van der Waals surface area contributed by atoms with Crippen molar-refractivity contribution in [2.75, 3.05) is 12.8 Å². The number of fused-ring (bicyclic) bond motifs is 1. The van der Waals surface area contributed by atoms with Gasteiger partial charge in [-0.05, 0) is 43.2 Å². The minimum absolute atomic E-state index is 0.0434. The van der Waals surface area contributed by atoms with Crippen molar-refractivity contribution in [3.05, 3.63) is 59.6 Å². The molecule has 2 heterocycles. The zero-order valence-electron chi connectivity index (χ0n) is 17.8. The second-order valence-electron chi connectivity index (χ2n) is 8.59. The van der Waals surface area contributed by atoms with E-state index in [9.17, 15) is 16.8 Å². The van der Waals surface area contributed by atoms with Gasteiger partial charge < -0.3 is 4.90 Å². The summed E-state index contributed by atoms with van der Waals surface area (Å²) in [5, 5.41) is -0.893. The van der Waals surface area contributed by atoms with E-state index in [1.54, 1.807) is 24.4 Å². The maximum atomic E-state index is 13.1. The molecule has 1 atom stereocenters. The fourth-order valence-electron chi connectivity index (χ4n) is 4.65. The largest absolute Gasteiger partial charge is 0.356 e. The lowest BCUT2D eigenvalue weighted by Gasteiger charge is -2.37. The Morgan fingerprint density at radius 1 is 1.06 bits per heavy atom. The summed E-state index contributed by atoms with van der Waals surface area (Å²) >= 11 is 0. The lowest BCUT2D eigenvalue weighted by atomic mass is 9.86. The van der Waals surface area contributed by atoms with Crippen molar-refractivity contribution in [2.45, 2.75) is 42.7 Å². The molecule has 0 bridgehead atoms. The first-order valence-electron chi connectivity index (χ1n) is 10.6. The highest BCUT2D eigenvalue weighted by molar-refractivity contribution is 7.92. The molecule has 0 aromatic heterocycles. The summed E-state index contributed by atoms with van der Waals surface area (Å²) in [6, 6.07) is 9.22. The fourth-order valence-corrected chi connectivity index (χ4v) is 7.19. The van der Waals surface area contributed by atoms with Gasteiger partial charge in [-0.25, -0.2) is 13.4 Å². The van der Waals surface area contributed by atoms with Crippen LogP contribution in [0.4, 0.5) is 0 Å². The normalized spacial score (nSPS) is 25.6. The van der Waals surface area contributed by atoms with Gasteiger partial charge in [0.15, 0.2) is 9.84 Å². The van der Waals surface area contributed by atoms with Gasteiger partial charge in [0.25, 0.3) is 10.1 Å². The zero-order valence-corrected chi connectivity index (χ0v) is 19.5. The van der Waals surface area contributed by atoms with E-state index >= 15 is 0 Å². The number of rotatable bonds is 7. The SMILES string of the molecule is CN(C1=C2C=CN=C2C(S(=O)(=O)Cc2ccccc2)C=N1)C1CCC(CS(=O)(=O)O)CC1. The Morgan fingerprint density at radius 3 is 2.41 bits per heavy atom. The molecular formula is C22H27N3O5S2. The molecule has 0 amide bonds. The quantitative estimate of drug-likeness (QED) is 0.604. The van der Waals surface area contributed by atoms with Crippen LogP contribution >= 0.6 is 0 Å². The monoisotopic (exact) mass is 477 g/mol. The Morgan fingerprint density at radius 2 is 1.75 bits per heavy atom. The Labute approximate surface area is 189 Å². The van der Waals surface area contributed by atoms with E-state index in [1.807, 2.05) is 30.1 Å². The third-order valence-corrected chi connectivity index (χ3v) is 9.06. The van der Waals surface area contributed by atoms with Gasteiger partial charge in [0.2, 0.25) is 0 Å². The van der Waals surface area contributed by atoms with Crippen molar-refractivity contribution in [2.24, 2.45) is 15.9 Å². The van der Waals surface area contributed by atoms with Crippen molar-refractivity contribution in [1.82, 2.24) is 4.90 Å². The molecule has 1 fully saturated rings. The summed E-state index contributed by atoms with van der Waals surface area (Å²) in [6.45, 7) is 0. The summed E-state index contributed by atoms with van der Waals surface area (Å²) < 4.78 is 57.7. The van der Waals surface area contributed by atoms with Crippen molar-refractivity contribution in [3.63, 3.8) is 0 Å². The van der Waals surface area contributed by atoms with Gasteiger partial charge in [-0.15, -0.1) is 0 Å². The van der Waals surface area contributed by atoms with E-state index < -0.39 is 25.2 Å². The van der Waals surface area contributed by atoms with E-state index in [1.165, 1.54) is 6.21 Å². The summed E-state index contributed by atoms with van der Waals surface area (Å²) in [5.41, 5.74) is 1.94. The third kappa shape index (κ3) is 5.02. The molecule has 1 N–H and O–H groups in total. The van der Waals surface area contributed by atoms with E-state index in [0.29, 0.717) is 24.4 Å². The minimum atomic E-state index is -3.96. The molecule has 32 heavy (non-hydrogen) atoms. The Hall–Kier alpha value is -2.30. The van der Waals surface area contributed by atoms with Crippen molar-refractivity contribution < 1.29 is 21.4 Å². The van der Waals surface area contributed by atoms with Crippen LogP contribution in [-0.4, -0.2) is 62.3 Å². The summed E-state index contributed by atoms with van der Waals surface area (Å²) in [4.78, 5) is 11.0. The van der Waals surface area contributed by atoms with Crippen molar-refractivity contribution in [1.29, 1.82) is 0 Å². The van der Waals surface area contributed by atoms with Gasteiger partial charge in [0, 0.05) is 31.1 Å². The Balaban J connectivity index is 1.48. The second-order valence-corrected chi connectivity index (χ2v) is 12.2. The number of hydrogen-bond donors (Lipinski definition) is 1. The fraction of sp³-hybridized carbons (Fsp3) is 0.455. The summed E-state index contributed by atoms with van der Waals surface area (Å²) in [7, 11) is -5.58. The van der Waals surface area contributed by atoms with Gasteiger partial charge in [0.1, 0.15) is 11.1 Å². The molecule has 4 rings (SSSR count). The molecule has 1 aromatic carbocycles. The molecule has 3 aliphatic rings.